The van der Waals surface area contributed by atoms with Crippen LogP contribution in [0, 0.1) is 0 Å². The molecule has 1 aromatic carbocycles. The van der Waals surface area contributed by atoms with E-state index >= 15 is 0 Å². The van der Waals surface area contributed by atoms with E-state index in [0.29, 0.717) is 12.1 Å². The SMILES string of the molecule is C=C(C)C(=O)OCCNC(=O)NCc1ccc(Br)cc1. The van der Waals surface area contributed by atoms with E-state index in [-0.39, 0.29) is 19.2 Å². The van der Waals surface area contributed by atoms with Crippen molar-refractivity contribution in [1.29, 1.82) is 0 Å². The van der Waals surface area contributed by atoms with Gasteiger partial charge in [-0.05, 0) is 24.6 Å². The number of urea groups is 1. The lowest BCUT2D eigenvalue weighted by molar-refractivity contribution is -0.138. The summed E-state index contributed by atoms with van der Waals surface area (Å²) in [6, 6.07) is 7.34. The van der Waals surface area contributed by atoms with Crippen LogP contribution in [-0.4, -0.2) is 25.2 Å². The van der Waals surface area contributed by atoms with Gasteiger partial charge in [0.15, 0.2) is 0 Å². The van der Waals surface area contributed by atoms with Crippen molar-refractivity contribution in [2.24, 2.45) is 0 Å². The van der Waals surface area contributed by atoms with Gasteiger partial charge in [-0.2, -0.15) is 0 Å². The first-order valence-corrected chi connectivity index (χ1v) is 6.87. The molecule has 0 aliphatic rings. The number of esters is 1. The van der Waals surface area contributed by atoms with Gasteiger partial charge in [0.1, 0.15) is 6.61 Å². The molecular weight excluding hydrogens is 324 g/mol. The second kappa shape index (κ2) is 8.37. The van der Waals surface area contributed by atoms with Crippen LogP contribution >= 0.6 is 15.9 Å². The van der Waals surface area contributed by atoms with Crippen molar-refractivity contribution in [2.45, 2.75) is 13.5 Å². The van der Waals surface area contributed by atoms with Gasteiger partial charge in [-0.3, -0.25) is 0 Å². The largest absolute Gasteiger partial charge is 0.460 e. The Bertz CT molecular complexity index is 486. The molecular formula is C14H17BrN2O3. The van der Waals surface area contributed by atoms with Crippen LogP contribution < -0.4 is 10.6 Å². The summed E-state index contributed by atoms with van der Waals surface area (Å²) in [6.07, 6.45) is 0. The molecule has 0 saturated heterocycles. The van der Waals surface area contributed by atoms with E-state index in [2.05, 4.69) is 33.1 Å². The molecule has 0 aliphatic carbocycles. The van der Waals surface area contributed by atoms with Gasteiger partial charge in [0.25, 0.3) is 0 Å². The highest BCUT2D eigenvalue weighted by Crippen LogP contribution is 2.09. The summed E-state index contributed by atoms with van der Waals surface area (Å²) in [6.45, 7) is 5.84. The number of nitrogens with one attached hydrogen (secondary N) is 2. The molecule has 1 aromatic rings. The predicted octanol–water partition coefficient (Wildman–Crippen LogP) is 2.37. The molecule has 0 heterocycles. The van der Waals surface area contributed by atoms with Crippen LogP contribution in [0.25, 0.3) is 0 Å². The first-order valence-electron chi connectivity index (χ1n) is 6.08. The van der Waals surface area contributed by atoms with E-state index < -0.39 is 5.97 Å². The Morgan fingerprint density at radius 2 is 1.90 bits per heavy atom. The minimum absolute atomic E-state index is 0.122. The Labute approximate surface area is 126 Å². The Morgan fingerprint density at radius 3 is 2.50 bits per heavy atom. The Kier molecular flexibility index (Phi) is 6.79. The molecule has 0 fully saturated rings. The summed E-state index contributed by atoms with van der Waals surface area (Å²) in [5.74, 6) is -0.456. The molecule has 2 N–H and O–H groups in total. The molecule has 5 nitrogen and oxygen atoms in total. The lowest BCUT2D eigenvalue weighted by Gasteiger charge is -2.08. The molecule has 0 atom stereocenters. The highest BCUT2D eigenvalue weighted by atomic mass is 79.9. The topological polar surface area (TPSA) is 67.4 Å². The summed E-state index contributed by atoms with van der Waals surface area (Å²) >= 11 is 3.34. The zero-order valence-corrected chi connectivity index (χ0v) is 12.8. The maximum absolute atomic E-state index is 11.5. The third-order valence-corrected chi connectivity index (χ3v) is 2.86. The average Bonchev–Trinajstić information content (AvgIpc) is 2.42. The van der Waals surface area contributed by atoms with Crippen molar-refractivity contribution in [2.75, 3.05) is 13.2 Å². The second-order valence-electron chi connectivity index (χ2n) is 4.15. The molecule has 20 heavy (non-hydrogen) atoms. The molecule has 108 valence electrons. The van der Waals surface area contributed by atoms with E-state index in [1.807, 2.05) is 24.3 Å². The van der Waals surface area contributed by atoms with Crippen molar-refractivity contribution in [3.63, 3.8) is 0 Å². The van der Waals surface area contributed by atoms with Crippen molar-refractivity contribution in [1.82, 2.24) is 10.6 Å². The molecule has 0 aromatic heterocycles. The van der Waals surface area contributed by atoms with E-state index in [1.165, 1.54) is 0 Å². The van der Waals surface area contributed by atoms with Crippen LogP contribution in [-0.2, 0) is 16.1 Å². The lowest BCUT2D eigenvalue weighted by Crippen LogP contribution is -2.37. The van der Waals surface area contributed by atoms with Gasteiger partial charge in [0, 0.05) is 16.6 Å². The zero-order valence-electron chi connectivity index (χ0n) is 11.2. The van der Waals surface area contributed by atoms with Crippen LogP contribution in [0.3, 0.4) is 0 Å². The first-order chi connectivity index (χ1) is 9.49. The molecule has 0 unspecified atom stereocenters. The zero-order chi connectivity index (χ0) is 15.0. The maximum Gasteiger partial charge on any atom is 0.333 e. The molecule has 6 heteroatoms. The van der Waals surface area contributed by atoms with Gasteiger partial charge >= 0.3 is 12.0 Å². The molecule has 1 rings (SSSR count). The highest BCUT2D eigenvalue weighted by molar-refractivity contribution is 9.10. The van der Waals surface area contributed by atoms with Crippen LogP contribution in [0.1, 0.15) is 12.5 Å². The summed E-state index contributed by atoms with van der Waals surface area (Å²) in [5.41, 5.74) is 1.33. The Morgan fingerprint density at radius 1 is 1.25 bits per heavy atom. The van der Waals surface area contributed by atoms with Gasteiger partial charge < -0.3 is 15.4 Å². The quantitative estimate of drug-likeness (QED) is 0.474. The average molecular weight is 341 g/mol. The van der Waals surface area contributed by atoms with Crippen LogP contribution in [0.4, 0.5) is 4.79 Å². The fourth-order valence-electron chi connectivity index (χ4n) is 1.28. The Hall–Kier alpha value is -1.82. The monoisotopic (exact) mass is 340 g/mol. The van der Waals surface area contributed by atoms with Gasteiger partial charge in [-0.15, -0.1) is 0 Å². The summed E-state index contributed by atoms with van der Waals surface area (Å²) in [4.78, 5) is 22.5. The predicted molar refractivity (Wildman–Crippen MR) is 80.2 cm³/mol. The fraction of sp³-hybridized carbons (Fsp3) is 0.286. The number of hydrogen-bond donors (Lipinski definition) is 2. The fourth-order valence-corrected chi connectivity index (χ4v) is 1.54. The molecule has 2 amide bonds. The molecule has 0 saturated carbocycles. The first kappa shape index (κ1) is 16.2. The molecule has 0 aliphatic heterocycles. The van der Waals surface area contributed by atoms with Gasteiger partial charge in [0.05, 0.1) is 6.54 Å². The third kappa shape index (κ3) is 6.38. The van der Waals surface area contributed by atoms with Crippen LogP contribution in [0.2, 0.25) is 0 Å². The van der Waals surface area contributed by atoms with Crippen molar-refractivity contribution in [3.05, 3.63) is 46.5 Å². The summed E-state index contributed by atoms with van der Waals surface area (Å²) in [7, 11) is 0. The van der Waals surface area contributed by atoms with E-state index in [0.717, 1.165) is 10.0 Å². The summed E-state index contributed by atoms with van der Waals surface area (Å²) < 4.78 is 5.83. The Balaban J connectivity index is 2.16. The van der Waals surface area contributed by atoms with Crippen molar-refractivity contribution >= 4 is 27.9 Å². The number of ether oxygens (including phenoxy) is 1. The number of halogens is 1. The minimum atomic E-state index is -0.456. The highest BCUT2D eigenvalue weighted by Gasteiger charge is 2.03. The third-order valence-electron chi connectivity index (χ3n) is 2.34. The smallest absolute Gasteiger partial charge is 0.333 e. The van der Waals surface area contributed by atoms with Crippen LogP contribution in [0.15, 0.2) is 40.9 Å². The lowest BCUT2D eigenvalue weighted by atomic mass is 10.2. The minimum Gasteiger partial charge on any atom is -0.460 e. The number of carbonyl (C=O) groups excluding carboxylic acids is 2. The van der Waals surface area contributed by atoms with Crippen molar-refractivity contribution in [3.8, 4) is 0 Å². The summed E-state index contributed by atoms with van der Waals surface area (Å²) in [5, 5.41) is 5.30. The number of benzene rings is 1. The molecule has 0 bridgehead atoms. The standard InChI is InChI=1S/C14H17BrN2O3/c1-10(2)13(18)20-8-7-16-14(19)17-9-11-3-5-12(15)6-4-11/h3-6H,1,7-9H2,2H3,(H2,16,17,19). The normalized spacial score (nSPS) is 9.70. The molecule has 0 spiro atoms. The van der Waals surface area contributed by atoms with Gasteiger partial charge in [-0.25, -0.2) is 9.59 Å². The van der Waals surface area contributed by atoms with Crippen LogP contribution in [0.5, 0.6) is 0 Å². The van der Waals surface area contributed by atoms with E-state index in [9.17, 15) is 9.59 Å². The molecule has 0 radical (unpaired) electrons. The van der Waals surface area contributed by atoms with Gasteiger partial charge in [-0.1, -0.05) is 34.6 Å². The van der Waals surface area contributed by atoms with Gasteiger partial charge in [0.2, 0.25) is 0 Å². The second-order valence-corrected chi connectivity index (χ2v) is 5.07. The number of carbonyl (C=O) groups is 2. The maximum atomic E-state index is 11.5. The number of amides is 2. The van der Waals surface area contributed by atoms with E-state index in [4.69, 9.17) is 4.74 Å². The van der Waals surface area contributed by atoms with E-state index in [1.54, 1.807) is 6.92 Å². The number of hydrogen-bond acceptors (Lipinski definition) is 3. The number of rotatable bonds is 6. The van der Waals surface area contributed by atoms with Crippen molar-refractivity contribution < 1.29 is 14.3 Å².